The zero-order chi connectivity index (χ0) is 18.0. The minimum Gasteiger partial charge on any atom is -0.358 e. The van der Waals surface area contributed by atoms with Crippen LogP contribution in [0.3, 0.4) is 0 Å². The lowest BCUT2D eigenvalue weighted by Crippen LogP contribution is -2.26. The van der Waals surface area contributed by atoms with Crippen LogP contribution < -0.4 is 0 Å². The molecule has 0 bridgehead atoms. The van der Waals surface area contributed by atoms with E-state index in [1.165, 1.54) is 6.07 Å². The number of nitrogens with one attached hydrogen (secondary N) is 1. The lowest BCUT2D eigenvalue weighted by Gasteiger charge is -2.16. The third kappa shape index (κ3) is 3.44. The molecular weight excluding hydrogens is 318 g/mol. The van der Waals surface area contributed by atoms with Crippen LogP contribution in [0.25, 0.3) is 10.9 Å². The fourth-order valence-electron chi connectivity index (χ4n) is 3.13. The van der Waals surface area contributed by atoms with Gasteiger partial charge in [0, 0.05) is 40.3 Å². The Morgan fingerprint density at radius 2 is 1.84 bits per heavy atom. The minimum atomic E-state index is -0.394. The van der Waals surface area contributed by atoms with E-state index in [4.69, 9.17) is 0 Å². The van der Waals surface area contributed by atoms with Crippen molar-refractivity contribution >= 4 is 22.4 Å². The number of nitro groups is 1. The molecule has 0 unspecified atom stereocenters. The van der Waals surface area contributed by atoms with Crippen LogP contribution in [0, 0.1) is 17.0 Å². The van der Waals surface area contributed by atoms with Crippen LogP contribution in [0.4, 0.5) is 5.69 Å². The van der Waals surface area contributed by atoms with Gasteiger partial charge in [0.25, 0.3) is 5.69 Å². The number of likely N-dealkylation sites (N-methyl/N-ethyl adjacent to an activating group) is 1. The SMILES string of the molecule is Cc1[nH]c2ccccc2c1C(=O)CN(C)Cc1ccccc1[N+](=O)[O-]. The molecular formula is C19H19N3O3. The molecule has 0 saturated heterocycles. The van der Waals surface area contributed by atoms with Crippen molar-refractivity contribution in [3.8, 4) is 0 Å². The molecule has 0 spiro atoms. The van der Waals surface area contributed by atoms with Gasteiger partial charge in [-0.2, -0.15) is 0 Å². The first-order valence-electron chi connectivity index (χ1n) is 7.98. The number of benzene rings is 2. The fourth-order valence-corrected chi connectivity index (χ4v) is 3.13. The molecule has 1 N–H and O–H groups in total. The largest absolute Gasteiger partial charge is 0.358 e. The average Bonchev–Trinajstić information content (AvgIpc) is 2.90. The highest BCUT2D eigenvalue weighted by Crippen LogP contribution is 2.23. The van der Waals surface area contributed by atoms with E-state index in [0.29, 0.717) is 17.7 Å². The van der Waals surface area contributed by atoms with Gasteiger partial charge in [-0.1, -0.05) is 36.4 Å². The maximum Gasteiger partial charge on any atom is 0.273 e. The highest BCUT2D eigenvalue weighted by atomic mass is 16.6. The molecule has 3 rings (SSSR count). The number of aromatic nitrogens is 1. The zero-order valence-corrected chi connectivity index (χ0v) is 14.2. The predicted molar refractivity (Wildman–Crippen MR) is 96.8 cm³/mol. The number of aryl methyl sites for hydroxylation is 1. The van der Waals surface area contributed by atoms with Gasteiger partial charge in [0.2, 0.25) is 0 Å². The van der Waals surface area contributed by atoms with Gasteiger partial charge in [0.05, 0.1) is 11.5 Å². The van der Waals surface area contributed by atoms with Crippen molar-refractivity contribution in [1.82, 2.24) is 9.88 Å². The molecule has 3 aromatic rings. The fraction of sp³-hybridized carbons (Fsp3) is 0.211. The predicted octanol–water partition coefficient (Wildman–Crippen LogP) is 3.70. The smallest absolute Gasteiger partial charge is 0.273 e. The van der Waals surface area contributed by atoms with Crippen molar-refractivity contribution in [3.05, 3.63) is 75.5 Å². The summed E-state index contributed by atoms with van der Waals surface area (Å²) in [4.78, 5) is 28.5. The van der Waals surface area contributed by atoms with E-state index < -0.39 is 4.92 Å². The Morgan fingerprint density at radius 1 is 1.16 bits per heavy atom. The number of rotatable bonds is 6. The van der Waals surface area contributed by atoms with Crippen LogP contribution in [0.5, 0.6) is 0 Å². The van der Waals surface area contributed by atoms with E-state index in [9.17, 15) is 14.9 Å². The van der Waals surface area contributed by atoms with Gasteiger partial charge in [-0.05, 0) is 20.0 Å². The first-order valence-corrected chi connectivity index (χ1v) is 7.98. The highest BCUT2D eigenvalue weighted by Gasteiger charge is 2.19. The van der Waals surface area contributed by atoms with Gasteiger partial charge in [-0.3, -0.25) is 19.8 Å². The molecule has 2 aromatic carbocycles. The zero-order valence-electron chi connectivity index (χ0n) is 14.2. The summed E-state index contributed by atoms with van der Waals surface area (Å²) in [5.41, 5.74) is 3.13. The highest BCUT2D eigenvalue weighted by molar-refractivity contribution is 6.10. The standard InChI is InChI=1S/C19H19N3O3/c1-13-19(15-8-4-5-9-16(15)20-13)18(23)12-21(2)11-14-7-3-6-10-17(14)22(24)25/h3-10,20H,11-12H2,1-2H3. The van der Waals surface area contributed by atoms with Gasteiger partial charge in [0.1, 0.15) is 0 Å². The summed E-state index contributed by atoms with van der Waals surface area (Å²) in [6.07, 6.45) is 0. The van der Waals surface area contributed by atoms with Gasteiger partial charge in [0.15, 0.2) is 5.78 Å². The monoisotopic (exact) mass is 337 g/mol. The van der Waals surface area contributed by atoms with E-state index in [0.717, 1.165) is 16.6 Å². The number of nitro benzene ring substituents is 1. The number of carbonyl (C=O) groups excluding carboxylic acids is 1. The summed E-state index contributed by atoms with van der Waals surface area (Å²) < 4.78 is 0. The van der Waals surface area contributed by atoms with Gasteiger partial charge in [-0.15, -0.1) is 0 Å². The number of para-hydroxylation sites is 2. The maximum absolute atomic E-state index is 12.8. The quantitative estimate of drug-likeness (QED) is 0.422. The van der Waals surface area contributed by atoms with Crippen LogP contribution in [-0.2, 0) is 6.54 Å². The second-order valence-electron chi connectivity index (χ2n) is 6.15. The summed E-state index contributed by atoms with van der Waals surface area (Å²) >= 11 is 0. The Balaban J connectivity index is 1.79. The van der Waals surface area contributed by atoms with Crippen molar-refractivity contribution in [3.63, 3.8) is 0 Å². The second-order valence-corrected chi connectivity index (χ2v) is 6.15. The molecule has 6 heteroatoms. The maximum atomic E-state index is 12.8. The Morgan fingerprint density at radius 3 is 2.60 bits per heavy atom. The summed E-state index contributed by atoms with van der Waals surface area (Å²) in [7, 11) is 1.79. The number of fused-ring (bicyclic) bond motifs is 1. The Hall–Kier alpha value is -2.99. The van der Waals surface area contributed by atoms with Crippen molar-refractivity contribution in [2.24, 2.45) is 0 Å². The number of H-pyrrole nitrogens is 1. The molecule has 128 valence electrons. The van der Waals surface area contributed by atoms with Crippen LogP contribution in [-0.4, -0.2) is 34.2 Å². The summed E-state index contributed by atoms with van der Waals surface area (Å²) in [6, 6.07) is 14.3. The molecule has 25 heavy (non-hydrogen) atoms. The number of Topliss-reactive ketones (excluding diaryl/α,β-unsaturated/α-hetero) is 1. The Labute approximate surface area is 145 Å². The number of ketones is 1. The van der Waals surface area contributed by atoms with Crippen molar-refractivity contribution in [2.75, 3.05) is 13.6 Å². The first-order chi connectivity index (χ1) is 12.0. The van der Waals surface area contributed by atoms with Gasteiger partial charge < -0.3 is 4.98 Å². The molecule has 0 aliphatic carbocycles. The molecule has 0 amide bonds. The Bertz CT molecular complexity index is 946. The number of nitrogens with zero attached hydrogens (tertiary/aromatic N) is 2. The van der Waals surface area contributed by atoms with Crippen LogP contribution in [0.15, 0.2) is 48.5 Å². The van der Waals surface area contributed by atoms with E-state index >= 15 is 0 Å². The van der Waals surface area contributed by atoms with Crippen LogP contribution in [0.2, 0.25) is 0 Å². The van der Waals surface area contributed by atoms with E-state index in [1.54, 1.807) is 30.1 Å². The number of carbonyl (C=O) groups is 1. The Kier molecular flexibility index (Phi) is 4.63. The van der Waals surface area contributed by atoms with Crippen molar-refractivity contribution in [1.29, 1.82) is 0 Å². The van der Waals surface area contributed by atoms with E-state index in [2.05, 4.69) is 4.98 Å². The lowest BCUT2D eigenvalue weighted by molar-refractivity contribution is -0.385. The third-order valence-electron chi connectivity index (χ3n) is 4.21. The third-order valence-corrected chi connectivity index (χ3v) is 4.21. The molecule has 0 atom stereocenters. The normalized spacial score (nSPS) is 11.2. The molecule has 0 fully saturated rings. The molecule has 1 heterocycles. The average molecular weight is 337 g/mol. The molecule has 1 aromatic heterocycles. The molecule has 6 nitrogen and oxygen atoms in total. The number of hydrogen-bond donors (Lipinski definition) is 1. The summed E-state index contributed by atoms with van der Waals surface area (Å²) in [5.74, 6) is -0.00367. The van der Waals surface area contributed by atoms with Crippen molar-refractivity contribution in [2.45, 2.75) is 13.5 Å². The van der Waals surface area contributed by atoms with Gasteiger partial charge in [-0.25, -0.2) is 0 Å². The molecule has 0 aliphatic heterocycles. The van der Waals surface area contributed by atoms with E-state index in [-0.39, 0.29) is 18.0 Å². The summed E-state index contributed by atoms with van der Waals surface area (Å²) in [6.45, 7) is 2.41. The van der Waals surface area contributed by atoms with Gasteiger partial charge >= 0.3 is 0 Å². The lowest BCUT2D eigenvalue weighted by atomic mass is 10.1. The molecule has 0 radical (unpaired) electrons. The molecule has 0 saturated carbocycles. The van der Waals surface area contributed by atoms with Crippen molar-refractivity contribution < 1.29 is 9.72 Å². The minimum absolute atomic E-state index is 0.00367. The second kappa shape index (κ2) is 6.86. The molecule has 0 aliphatic rings. The number of aromatic amines is 1. The van der Waals surface area contributed by atoms with E-state index in [1.807, 2.05) is 31.2 Å². The first kappa shape index (κ1) is 16.9. The van der Waals surface area contributed by atoms with Crippen LogP contribution in [0.1, 0.15) is 21.6 Å². The topological polar surface area (TPSA) is 79.2 Å². The summed E-state index contributed by atoms with van der Waals surface area (Å²) in [5, 5.41) is 12.0. The van der Waals surface area contributed by atoms with Crippen LogP contribution >= 0.6 is 0 Å². The number of hydrogen-bond acceptors (Lipinski definition) is 4.